The molecule has 0 atom stereocenters. The molecule has 2 N–H and O–H groups in total. The minimum absolute atomic E-state index is 0.0749. The van der Waals surface area contributed by atoms with E-state index in [1.807, 2.05) is 13.8 Å². The number of hydrogen-bond acceptors (Lipinski definition) is 4. The molecule has 0 fully saturated rings. The number of carbonyl (C=O) groups is 1. The molecule has 0 aliphatic rings. The number of nitrogens with one attached hydrogen (secondary N) is 2. The molecule has 5 nitrogen and oxygen atoms in total. The fourth-order valence-corrected chi connectivity index (χ4v) is 1.71. The number of rotatable bonds is 15. The monoisotopic (exact) mass is 340 g/mol. The van der Waals surface area contributed by atoms with Crippen molar-refractivity contribution in [2.75, 3.05) is 26.8 Å². The Labute approximate surface area is 148 Å². The van der Waals surface area contributed by atoms with Crippen LogP contribution in [-0.2, 0) is 14.3 Å². The highest BCUT2D eigenvalue weighted by Gasteiger charge is 2.00. The van der Waals surface area contributed by atoms with Gasteiger partial charge in [0.15, 0.2) is 5.88 Å². The molecule has 1 amide bonds. The van der Waals surface area contributed by atoms with Gasteiger partial charge in [0.05, 0.1) is 13.7 Å². The van der Waals surface area contributed by atoms with Crippen LogP contribution in [0.4, 0.5) is 0 Å². The van der Waals surface area contributed by atoms with E-state index in [4.69, 9.17) is 9.47 Å². The number of allylic oxidation sites excluding steroid dienone is 1. The average molecular weight is 341 g/mol. The van der Waals surface area contributed by atoms with E-state index in [-0.39, 0.29) is 5.91 Å². The molecule has 0 aromatic rings. The first kappa shape index (κ1) is 24.3. The van der Waals surface area contributed by atoms with Gasteiger partial charge in [-0.1, -0.05) is 39.8 Å². The number of ether oxygens (including phenoxy) is 2. The minimum Gasteiger partial charge on any atom is -0.494 e. The van der Waals surface area contributed by atoms with E-state index in [2.05, 4.69) is 30.4 Å². The van der Waals surface area contributed by atoms with E-state index >= 15 is 0 Å². The SMILES string of the molecule is C=CC(=C)OCCCC(=O)NCCCCCCNC(=C)OC.CC. The van der Waals surface area contributed by atoms with Crippen LogP contribution in [0, 0.1) is 0 Å². The fraction of sp³-hybridized carbons (Fsp3) is 0.632. The lowest BCUT2D eigenvalue weighted by Crippen LogP contribution is -2.24. The first-order valence-electron chi connectivity index (χ1n) is 8.77. The van der Waals surface area contributed by atoms with E-state index in [0.717, 1.165) is 38.8 Å². The molecule has 140 valence electrons. The van der Waals surface area contributed by atoms with Gasteiger partial charge < -0.3 is 20.1 Å². The fourth-order valence-electron chi connectivity index (χ4n) is 1.71. The van der Waals surface area contributed by atoms with Crippen LogP contribution in [0.1, 0.15) is 52.4 Å². The van der Waals surface area contributed by atoms with Crippen LogP contribution >= 0.6 is 0 Å². The van der Waals surface area contributed by atoms with Crippen LogP contribution in [0.25, 0.3) is 0 Å². The molecule has 5 heteroatoms. The van der Waals surface area contributed by atoms with Crippen LogP contribution < -0.4 is 10.6 Å². The lowest BCUT2D eigenvalue weighted by molar-refractivity contribution is -0.121. The summed E-state index contributed by atoms with van der Waals surface area (Å²) in [7, 11) is 1.60. The highest BCUT2D eigenvalue weighted by Crippen LogP contribution is 2.00. The molecule has 0 rings (SSSR count). The maximum absolute atomic E-state index is 11.6. The molecule has 0 aromatic carbocycles. The summed E-state index contributed by atoms with van der Waals surface area (Å²) in [4.78, 5) is 11.6. The first-order chi connectivity index (χ1) is 11.6. The van der Waals surface area contributed by atoms with Crippen molar-refractivity contribution in [3.63, 3.8) is 0 Å². The van der Waals surface area contributed by atoms with E-state index in [9.17, 15) is 4.79 Å². The van der Waals surface area contributed by atoms with Crippen LogP contribution in [-0.4, -0.2) is 32.7 Å². The van der Waals surface area contributed by atoms with E-state index < -0.39 is 0 Å². The molecule has 0 heterocycles. The van der Waals surface area contributed by atoms with Crippen LogP contribution in [0.15, 0.2) is 37.5 Å². The predicted molar refractivity (Wildman–Crippen MR) is 102 cm³/mol. The summed E-state index contributed by atoms with van der Waals surface area (Å²) in [6.07, 6.45) is 7.02. The van der Waals surface area contributed by atoms with Crippen molar-refractivity contribution in [1.82, 2.24) is 10.6 Å². The van der Waals surface area contributed by atoms with Crippen molar-refractivity contribution >= 4 is 5.91 Å². The second kappa shape index (κ2) is 19.1. The Bertz CT molecular complexity index is 355. The summed E-state index contributed by atoms with van der Waals surface area (Å²) in [6.45, 7) is 17.0. The quantitative estimate of drug-likeness (QED) is 0.270. The second-order valence-electron chi connectivity index (χ2n) is 4.94. The summed E-state index contributed by atoms with van der Waals surface area (Å²) in [6, 6.07) is 0. The highest BCUT2D eigenvalue weighted by molar-refractivity contribution is 5.75. The summed E-state index contributed by atoms with van der Waals surface area (Å²) in [5.41, 5.74) is 0. The van der Waals surface area contributed by atoms with Crippen molar-refractivity contribution in [2.45, 2.75) is 52.4 Å². The Kier molecular flexibility index (Phi) is 19.4. The van der Waals surface area contributed by atoms with Crippen molar-refractivity contribution < 1.29 is 14.3 Å². The Balaban J connectivity index is 0. The summed E-state index contributed by atoms with van der Waals surface area (Å²) < 4.78 is 10.1. The predicted octanol–water partition coefficient (Wildman–Crippen LogP) is 3.89. The highest BCUT2D eigenvalue weighted by atomic mass is 16.5. The smallest absolute Gasteiger partial charge is 0.220 e. The van der Waals surface area contributed by atoms with Crippen molar-refractivity contribution in [1.29, 1.82) is 0 Å². The minimum atomic E-state index is 0.0749. The van der Waals surface area contributed by atoms with Crippen LogP contribution in [0.3, 0.4) is 0 Å². The summed E-state index contributed by atoms with van der Waals surface area (Å²) in [5, 5.41) is 5.99. The number of amides is 1. The molecule has 0 aliphatic carbocycles. The maximum Gasteiger partial charge on any atom is 0.220 e. The Morgan fingerprint density at radius 1 is 1.00 bits per heavy atom. The molecular formula is C19H36N2O3. The standard InChI is InChI=1S/C17H30N2O3.C2H6/c1-5-15(2)22-14-10-11-17(20)19-13-9-7-6-8-12-18-16(3)21-4;1-2/h5,18H,1-3,6-14H2,4H3,(H,19,20);1-2H3. The number of methoxy groups -OCH3 is 1. The van der Waals surface area contributed by atoms with Gasteiger partial charge in [0, 0.05) is 19.5 Å². The maximum atomic E-state index is 11.6. The van der Waals surface area contributed by atoms with Crippen LogP contribution in [0.2, 0.25) is 0 Å². The zero-order chi connectivity index (χ0) is 18.6. The number of unbranched alkanes of at least 4 members (excludes halogenated alkanes) is 3. The third-order valence-corrected chi connectivity index (χ3v) is 3.06. The molecule has 0 unspecified atom stereocenters. The van der Waals surface area contributed by atoms with Gasteiger partial charge in [-0.25, -0.2) is 0 Å². The third kappa shape index (κ3) is 18.1. The normalized spacial score (nSPS) is 9.12. The van der Waals surface area contributed by atoms with Gasteiger partial charge in [0.1, 0.15) is 5.76 Å². The number of carbonyl (C=O) groups excluding carboxylic acids is 1. The topological polar surface area (TPSA) is 59.6 Å². The summed E-state index contributed by atoms with van der Waals surface area (Å²) >= 11 is 0. The molecule has 0 aliphatic heterocycles. The van der Waals surface area contributed by atoms with Gasteiger partial charge in [-0.05, 0) is 31.9 Å². The van der Waals surface area contributed by atoms with Crippen molar-refractivity contribution in [2.24, 2.45) is 0 Å². The summed E-state index contributed by atoms with van der Waals surface area (Å²) in [5.74, 6) is 1.22. The lowest BCUT2D eigenvalue weighted by atomic mass is 10.2. The Morgan fingerprint density at radius 2 is 1.58 bits per heavy atom. The van der Waals surface area contributed by atoms with E-state index in [0.29, 0.717) is 31.1 Å². The molecule has 0 aromatic heterocycles. The van der Waals surface area contributed by atoms with Gasteiger partial charge in [0.2, 0.25) is 5.91 Å². The third-order valence-electron chi connectivity index (χ3n) is 3.06. The zero-order valence-electron chi connectivity index (χ0n) is 15.8. The van der Waals surface area contributed by atoms with Crippen molar-refractivity contribution in [3.8, 4) is 0 Å². The van der Waals surface area contributed by atoms with Gasteiger partial charge in [-0.3, -0.25) is 4.79 Å². The lowest BCUT2D eigenvalue weighted by Gasteiger charge is -2.08. The Morgan fingerprint density at radius 3 is 2.12 bits per heavy atom. The molecule has 0 saturated carbocycles. The molecule has 0 radical (unpaired) electrons. The van der Waals surface area contributed by atoms with Gasteiger partial charge in [-0.2, -0.15) is 0 Å². The van der Waals surface area contributed by atoms with E-state index in [1.165, 1.54) is 0 Å². The van der Waals surface area contributed by atoms with Crippen molar-refractivity contribution in [3.05, 3.63) is 37.5 Å². The zero-order valence-corrected chi connectivity index (χ0v) is 15.8. The molecule has 0 bridgehead atoms. The molecule has 0 saturated heterocycles. The first-order valence-corrected chi connectivity index (χ1v) is 8.77. The van der Waals surface area contributed by atoms with Crippen LogP contribution in [0.5, 0.6) is 0 Å². The number of hydrogen-bond donors (Lipinski definition) is 2. The van der Waals surface area contributed by atoms with Gasteiger partial charge in [-0.15, -0.1) is 0 Å². The largest absolute Gasteiger partial charge is 0.494 e. The van der Waals surface area contributed by atoms with Gasteiger partial charge >= 0.3 is 0 Å². The second-order valence-corrected chi connectivity index (χ2v) is 4.94. The van der Waals surface area contributed by atoms with E-state index in [1.54, 1.807) is 13.2 Å². The molecular weight excluding hydrogens is 304 g/mol. The van der Waals surface area contributed by atoms with Gasteiger partial charge in [0.25, 0.3) is 0 Å². The Hall–Kier alpha value is -1.91. The molecule has 0 spiro atoms. The molecule has 24 heavy (non-hydrogen) atoms. The average Bonchev–Trinajstić information content (AvgIpc) is 2.62.